The van der Waals surface area contributed by atoms with Crippen molar-refractivity contribution in [3.05, 3.63) is 28.8 Å². The Labute approximate surface area is 126 Å². The second-order valence-electron chi connectivity index (χ2n) is 5.32. The maximum absolute atomic E-state index is 7.74. The number of nitrogens with two attached hydrogens (primary N) is 1. The van der Waals surface area contributed by atoms with Crippen molar-refractivity contribution in [2.24, 2.45) is 5.73 Å². The Hall–Kier alpha value is -1.26. The van der Waals surface area contributed by atoms with Gasteiger partial charge in [0.05, 0.1) is 10.6 Å². The molecule has 0 aromatic heterocycles. The summed E-state index contributed by atoms with van der Waals surface area (Å²) in [6.07, 6.45) is 2.27. The molecule has 2 rings (SSSR count). The van der Waals surface area contributed by atoms with Gasteiger partial charge in [-0.3, -0.25) is 5.41 Å². The first-order valence-electron chi connectivity index (χ1n) is 7.12. The molecule has 1 aliphatic heterocycles. The summed E-state index contributed by atoms with van der Waals surface area (Å²) >= 11 is 6.20. The van der Waals surface area contributed by atoms with E-state index in [9.17, 15) is 0 Å². The van der Waals surface area contributed by atoms with Crippen molar-refractivity contribution in [2.45, 2.75) is 25.8 Å². The first-order chi connectivity index (χ1) is 9.54. The van der Waals surface area contributed by atoms with E-state index in [4.69, 9.17) is 22.7 Å². The van der Waals surface area contributed by atoms with Crippen LogP contribution in [0.25, 0.3) is 0 Å². The van der Waals surface area contributed by atoms with Crippen LogP contribution in [0.15, 0.2) is 18.2 Å². The van der Waals surface area contributed by atoms with Crippen LogP contribution in [0.2, 0.25) is 5.02 Å². The average molecular weight is 295 g/mol. The minimum atomic E-state index is 0.0310. The minimum Gasteiger partial charge on any atom is -0.384 e. The van der Waals surface area contributed by atoms with Crippen LogP contribution < -0.4 is 10.6 Å². The van der Waals surface area contributed by atoms with Gasteiger partial charge in [0.2, 0.25) is 0 Å². The van der Waals surface area contributed by atoms with Crippen molar-refractivity contribution < 1.29 is 0 Å². The molecule has 4 nitrogen and oxygen atoms in total. The number of piperidine rings is 1. The van der Waals surface area contributed by atoms with E-state index in [-0.39, 0.29) is 5.84 Å². The van der Waals surface area contributed by atoms with Gasteiger partial charge in [-0.25, -0.2) is 0 Å². The van der Waals surface area contributed by atoms with Crippen molar-refractivity contribution in [3.8, 4) is 0 Å². The highest BCUT2D eigenvalue weighted by Gasteiger charge is 2.24. The van der Waals surface area contributed by atoms with Gasteiger partial charge in [0.15, 0.2) is 0 Å². The maximum Gasteiger partial charge on any atom is 0.126 e. The molecule has 5 heteroatoms. The molecule has 0 amide bonds. The van der Waals surface area contributed by atoms with Crippen LogP contribution in [0.5, 0.6) is 0 Å². The Morgan fingerprint density at radius 1 is 1.45 bits per heavy atom. The zero-order chi connectivity index (χ0) is 14.7. The molecule has 1 fully saturated rings. The van der Waals surface area contributed by atoms with Crippen LogP contribution in [0.3, 0.4) is 0 Å². The predicted molar refractivity (Wildman–Crippen MR) is 86.0 cm³/mol. The number of hydrogen-bond donors (Lipinski definition) is 2. The lowest BCUT2D eigenvalue weighted by molar-refractivity contribution is 0.221. The molecule has 1 aromatic carbocycles. The second-order valence-corrected chi connectivity index (χ2v) is 5.73. The number of likely N-dealkylation sites (tertiary alicyclic amines) is 1. The molecule has 110 valence electrons. The number of halogens is 1. The number of anilines is 1. The Kier molecular flexibility index (Phi) is 4.89. The van der Waals surface area contributed by atoms with Gasteiger partial charge >= 0.3 is 0 Å². The van der Waals surface area contributed by atoms with Gasteiger partial charge < -0.3 is 15.5 Å². The number of nitrogens with zero attached hydrogens (tertiary/aromatic N) is 2. The third-order valence-electron chi connectivity index (χ3n) is 4.19. The van der Waals surface area contributed by atoms with Crippen molar-refractivity contribution in [2.75, 3.05) is 31.6 Å². The molecule has 0 saturated carbocycles. The number of amidine groups is 1. The number of nitrogen functional groups attached to an aromatic ring is 1. The predicted octanol–water partition coefficient (Wildman–Crippen LogP) is 2.54. The van der Waals surface area contributed by atoms with Gasteiger partial charge in [-0.05, 0) is 31.5 Å². The van der Waals surface area contributed by atoms with Crippen LogP contribution in [0.1, 0.15) is 25.3 Å². The number of rotatable bonds is 4. The standard InChI is InChI=1S/C15H23ClN4/c1-3-20-9-7-11(8-10-20)19(2)13-6-4-5-12(16)14(13)15(17)18/h4-6,11H,3,7-10H2,1-2H3,(H3,17,18). The molecule has 20 heavy (non-hydrogen) atoms. The van der Waals surface area contributed by atoms with Gasteiger partial charge in [-0.1, -0.05) is 24.6 Å². The van der Waals surface area contributed by atoms with Crippen LogP contribution >= 0.6 is 11.6 Å². The topological polar surface area (TPSA) is 56.4 Å². The lowest BCUT2D eigenvalue weighted by Gasteiger charge is -2.38. The fourth-order valence-corrected chi connectivity index (χ4v) is 3.16. The van der Waals surface area contributed by atoms with Crippen molar-refractivity contribution >= 4 is 23.1 Å². The highest BCUT2D eigenvalue weighted by Crippen LogP contribution is 2.29. The molecule has 3 N–H and O–H groups in total. The first-order valence-corrected chi connectivity index (χ1v) is 7.50. The summed E-state index contributed by atoms with van der Waals surface area (Å²) in [5.41, 5.74) is 7.30. The molecule has 0 radical (unpaired) electrons. The smallest absolute Gasteiger partial charge is 0.126 e. The Morgan fingerprint density at radius 2 is 2.10 bits per heavy atom. The van der Waals surface area contributed by atoms with E-state index in [0.29, 0.717) is 16.6 Å². The Morgan fingerprint density at radius 3 is 2.65 bits per heavy atom. The molecular weight excluding hydrogens is 272 g/mol. The van der Waals surface area contributed by atoms with Gasteiger partial charge in [0, 0.05) is 31.9 Å². The summed E-state index contributed by atoms with van der Waals surface area (Å²) in [6, 6.07) is 6.18. The third-order valence-corrected chi connectivity index (χ3v) is 4.51. The number of nitrogens with one attached hydrogen (secondary N) is 1. The second kappa shape index (κ2) is 6.46. The number of benzene rings is 1. The summed E-state index contributed by atoms with van der Waals surface area (Å²) in [5.74, 6) is 0.0310. The van der Waals surface area contributed by atoms with Gasteiger partial charge in [-0.15, -0.1) is 0 Å². The Balaban J connectivity index is 2.20. The van der Waals surface area contributed by atoms with Crippen molar-refractivity contribution in [1.29, 1.82) is 5.41 Å². The number of hydrogen-bond acceptors (Lipinski definition) is 3. The maximum atomic E-state index is 7.74. The molecule has 1 saturated heterocycles. The minimum absolute atomic E-state index is 0.0310. The summed E-state index contributed by atoms with van der Waals surface area (Å²) < 4.78 is 0. The lowest BCUT2D eigenvalue weighted by atomic mass is 10.0. The summed E-state index contributed by atoms with van der Waals surface area (Å²) in [7, 11) is 2.07. The summed E-state index contributed by atoms with van der Waals surface area (Å²) in [4.78, 5) is 4.70. The lowest BCUT2D eigenvalue weighted by Crippen LogP contribution is -2.43. The summed E-state index contributed by atoms with van der Waals surface area (Å²) in [6.45, 7) is 5.57. The highest BCUT2D eigenvalue weighted by molar-refractivity contribution is 6.34. The molecule has 0 aliphatic carbocycles. The van der Waals surface area contributed by atoms with E-state index < -0.39 is 0 Å². The third kappa shape index (κ3) is 3.07. The van der Waals surface area contributed by atoms with Gasteiger partial charge in [-0.2, -0.15) is 0 Å². The largest absolute Gasteiger partial charge is 0.384 e. The zero-order valence-electron chi connectivity index (χ0n) is 12.2. The average Bonchev–Trinajstić information content (AvgIpc) is 2.46. The molecule has 1 heterocycles. The van der Waals surface area contributed by atoms with Gasteiger partial charge in [0.1, 0.15) is 5.84 Å². The molecule has 0 spiro atoms. The zero-order valence-corrected chi connectivity index (χ0v) is 13.0. The molecule has 0 atom stereocenters. The first kappa shape index (κ1) is 15.1. The van der Waals surface area contributed by atoms with Crippen LogP contribution in [-0.4, -0.2) is 43.5 Å². The summed E-state index contributed by atoms with van der Waals surface area (Å²) in [5, 5.41) is 8.29. The van der Waals surface area contributed by atoms with Crippen LogP contribution in [0.4, 0.5) is 5.69 Å². The Bertz CT molecular complexity index is 481. The monoisotopic (exact) mass is 294 g/mol. The fraction of sp³-hybridized carbons (Fsp3) is 0.533. The molecular formula is C15H23ClN4. The SMILES string of the molecule is CCN1CCC(N(C)c2cccc(Cl)c2C(=N)N)CC1. The molecule has 1 aliphatic rings. The van der Waals surface area contributed by atoms with E-state index in [1.165, 1.54) is 0 Å². The van der Waals surface area contributed by atoms with E-state index in [1.54, 1.807) is 6.07 Å². The van der Waals surface area contributed by atoms with E-state index >= 15 is 0 Å². The highest BCUT2D eigenvalue weighted by atomic mass is 35.5. The fourth-order valence-electron chi connectivity index (χ4n) is 2.89. The molecule has 0 bridgehead atoms. The van der Waals surface area contributed by atoms with Crippen LogP contribution in [0, 0.1) is 5.41 Å². The van der Waals surface area contributed by atoms with Crippen molar-refractivity contribution in [3.63, 3.8) is 0 Å². The molecule has 0 unspecified atom stereocenters. The molecule has 1 aromatic rings. The van der Waals surface area contributed by atoms with E-state index in [2.05, 4.69) is 23.8 Å². The van der Waals surface area contributed by atoms with Gasteiger partial charge in [0.25, 0.3) is 0 Å². The normalized spacial score (nSPS) is 17.1. The van der Waals surface area contributed by atoms with Crippen LogP contribution in [-0.2, 0) is 0 Å². The van der Waals surface area contributed by atoms with E-state index in [0.717, 1.165) is 38.2 Å². The quantitative estimate of drug-likeness (QED) is 0.663. The van der Waals surface area contributed by atoms with E-state index in [1.807, 2.05) is 12.1 Å². The van der Waals surface area contributed by atoms with Crippen molar-refractivity contribution in [1.82, 2.24) is 4.90 Å².